The Balaban J connectivity index is 2.16. The van der Waals surface area contributed by atoms with E-state index in [4.69, 9.17) is 5.11 Å². The van der Waals surface area contributed by atoms with Crippen LogP contribution in [0.1, 0.15) is 29.9 Å². The van der Waals surface area contributed by atoms with Gasteiger partial charge in [0.25, 0.3) is 0 Å². The molecule has 1 aromatic carbocycles. The second-order valence-corrected chi connectivity index (χ2v) is 4.01. The Morgan fingerprint density at radius 2 is 2.20 bits per heavy atom. The molecule has 0 aromatic heterocycles. The summed E-state index contributed by atoms with van der Waals surface area (Å²) in [4.78, 5) is 10.5. The zero-order valence-corrected chi connectivity index (χ0v) is 8.39. The highest BCUT2D eigenvalue weighted by Crippen LogP contribution is 2.36. The number of fused-ring (bicyclic) bond motifs is 1. The number of carbonyl (C=O) groups is 1. The van der Waals surface area contributed by atoms with E-state index >= 15 is 0 Å². The highest BCUT2D eigenvalue weighted by molar-refractivity contribution is 5.67. The lowest BCUT2D eigenvalue weighted by Gasteiger charge is -2.17. The number of hydrogen-bond acceptors (Lipinski definition) is 2. The van der Waals surface area contributed by atoms with Gasteiger partial charge in [0.05, 0.1) is 12.5 Å². The molecule has 0 radical (unpaired) electrons. The highest BCUT2D eigenvalue weighted by Gasteiger charge is 2.29. The number of aryl methyl sites for hydroxylation is 1. The van der Waals surface area contributed by atoms with Crippen molar-refractivity contribution in [3.8, 4) is 0 Å². The highest BCUT2D eigenvalue weighted by atomic mass is 16.4. The molecule has 0 spiro atoms. The third kappa shape index (κ3) is 2.02. The minimum Gasteiger partial charge on any atom is -0.481 e. The number of aliphatic hydroxyl groups excluding tert-OH is 1. The van der Waals surface area contributed by atoms with Crippen molar-refractivity contribution >= 4 is 5.97 Å². The van der Waals surface area contributed by atoms with Crippen LogP contribution in [0.4, 0.5) is 0 Å². The largest absolute Gasteiger partial charge is 0.481 e. The third-order valence-corrected chi connectivity index (χ3v) is 3.03. The number of hydrogen-bond donors (Lipinski definition) is 2. The zero-order chi connectivity index (χ0) is 10.8. The summed E-state index contributed by atoms with van der Waals surface area (Å²) >= 11 is 0. The van der Waals surface area contributed by atoms with E-state index in [1.165, 1.54) is 5.56 Å². The minimum atomic E-state index is -0.938. The van der Waals surface area contributed by atoms with E-state index in [0.717, 1.165) is 18.4 Å². The Bertz CT molecular complexity index is 373. The van der Waals surface area contributed by atoms with Gasteiger partial charge in [-0.15, -0.1) is 0 Å². The lowest BCUT2D eigenvalue weighted by atomic mass is 9.93. The molecule has 3 nitrogen and oxygen atoms in total. The van der Waals surface area contributed by atoms with Gasteiger partial charge in [-0.2, -0.15) is 0 Å². The quantitative estimate of drug-likeness (QED) is 0.788. The maximum atomic E-state index is 10.5. The van der Waals surface area contributed by atoms with Gasteiger partial charge in [-0.1, -0.05) is 24.3 Å². The molecule has 2 unspecified atom stereocenters. The Labute approximate surface area is 88.4 Å². The Kier molecular flexibility index (Phi) is 2.73. The van der Waals surface area contributed by atoms with Crippen molar-refractivity contribution in [2.24, 2.45) is 0 Å². The number of rotatable bonds is 3. The molecule has 3 heteroatoms. The molecule has 0 heterocycles. The lowest BCUT2D eigenvalue weighted by molar-refractivity contribution is -0.139. The second kappa shape index (κ2) is 4.03. The summed E-state index contributed by atoms with van der Waals surface area (Å²) in [6, 6.07) is 7.94. The number of carboxylic acids is 1. The summed E-state index contributed by atoms with van der Waals surface area (Å²) in [5.41, 5.74) is 2.36. The van der Waals surface area contributed by atoms with Crippen molar-refractivity contribution in [3.05, 3.63) is 35.4 Å². The summed E-state index contributed by atoms with van der Waals surface area (Å²) in [5, 5.41) is 18.4. The van der Waals surface area contributed by atoms with Gasteiger partial charge in [0.1, 0.15) is 0 Å². The molecule has 0 aliphatic heterocycles. The van der Waals surface area contributed by atoms with Gasteiger partial charge in [-0.3, -0.25) is 4.79 Å². The molecule has 1 aliphatic rings. The monoisotopic (exact) mass is 206 g/mol. The first kappa shape index (κ1) is 10.2. The van der Waals surface area contributed by atoms with E-state index in [2.05, 4.69) is 0 Å². The van der Waals surface area contributed by atoms with Gasteiger partial charge >= 0.3 is 5.97 Å². The van der Waals surface area contributed by atoms with Crippen LogP contribution in [0, 0.1) is 0 Å². The standard InChI is InChI=1S/C12H14O3/c13-11(7-12(14)15)10-6-5-8-3-1-2-4-9(8)10/h1-4,10-11,13H,5-7H2,(H,14,15). The summed E-state index contributed by atoms with van der Waals surface area (Å²) in [6.07, 6.45) is 0.871. The molecular formula is C12H14O3. The SMILES string of the molecule is O=C(O)CC(O)C1CCc2ccccc21. The van der Waals surface area contributed by atoms with Crippen LogP contribution in [-0.2, 0) is 11.2 Å². The van der Waals surface area contributed by atoms with E-state index in [0.29, 0.717) is 0 Å². The fourth-order valence-electron chi connectivity index (χ4n) is 2.31. The molecule has 0 saturated carbocycles. The van der Waals surface area contributed by atoms with Gasteiger partial charge in [-0.05, 0) is 24.0 Å². The molecule has 1 aromatic rings. The maximum Gasteiger partial charge on any atom is 0.305 e. The average Bonchev–Trinajstić information content (AvgIpc) is 2.59. The summed E-state index contributed by atoms with van der Waals surface area (Å²) in [5.74, 6) is -0.941. The second-order valence-electron chi connectivity index (χ2n) is 4.01. The van der Waals surface area contributed by atoms with E-state index in [1.807, 2.05) is 24.3 Å². The molecule has 0 amide bonds. The topological polar surface area (TPSA) is 57.5 Å². The van der Waals surface area contributed by atoms with Crippen LogP contribution < -0.4 is 0 Å². The predicted molar refractivity (Wildman–Crippen MR) is 55.8 cm³/mol. The summed E-state index contributed by atoms with van der Waals surface area (Å²) in [7, 11) is 0. The number of carboxylic acid groups (broad SMARTS) is 1. The summed E-state index contributed by atoms with van der Waals surface area (Å²) in [6.45, 7) is 0. The maximum absolute atomic E-state index is 10.5. The fraction of sp³-hybridized carbons (Fsp3) is 0.417. The third-order valence-electron chi connectivity index (χ3n) is 3.03. The molecule has 15 heavy (non-hydrogen) atoms. The molecule has 0 fully saturated rings. The van der Waals surface area contributed by atoms with Crippen LogP contribution in [0.15, 0.2) is 24.3 Å². The number of aliphatic hydroxyl groups is 1. The van der Waals surface area contributed by atoms with Crippen molar-refractivity contribution in [1.82, 2.24) is 0 Å². The van der Waals surface area contributed by atoms with Gasteiger partial charge < -0.3 is 10.2 Å². The summed E-state index contributed by atoms with van der Waals surface area (Å²) < 4.78 is 0. The van der Waals surface area contributed by atoms with Crippen LogP contribution in [-0.4, -0.2) is 22.3 Å². The Hall–Kier alpha value is -1.35. The van der Waals surface area contributed by atoms with Crippen LogP contribution in [0.3, 0.4) is 0 Å². The van der Waals surface area contributed by atoms with Gasteiger partial charge in [0, 0.05) is 5.92 Å². The number of benzene rings is 1. The Morgan fingerprint density at radius 1 is 1.47 bits per heavy atom. The average molecular weight is 206 g/mol. The van der Waals surface area contributed by atoms with E-state index < -0.39 is 12.1 Å². The number of aliphatic carboxylic acids is 1. The van der Waals surface area contributed by atoms with Crippen molar-refractivity contribution in [3.63, 3.8) is 0 Å². The first-order valence-corrected chi connectivity index (χ1v) is 5.16. The van der Waals surface area contributed by atoms with Crippen LogP contribution in [0.2, 0.25) is 0 Å². The van der Waals surface area contributed by atoms with E-state index in [9.17, 15) is 9.90 Å². The van der Waals surface area contributed by atoms with Crippen molar-refractivity contribution in [2.45, 2.75) is 31.3 Å². The lowest BCUT2D eigenvalue weighted by Crippen LogP contribution is -2.20. The minimum absolute atomic E-state index is 0.00250. The van der Waals surface area contributed by atoms with Crippen LogP contribution in [0.25, 0.3) is 0 Å². The molecule has 2 rings (SSSR count). The smallest absolute Gasteiger partial charge is 0.305 e. The van der Waals surface area contributed by atoms with E-state index in [1.54, 1.807) is 0 Å². The van der Waals surface area contributed by atoms with Crippen molar-refractivity contribution < 1.29 is 15.0 Å². The molecule has 0 bridgehead atoms. The predicted octanol–water partition coefficient (Wildman–Crippen LogP) is 1.55. The van der Waals surface area contributed by atoms with Crippen LogP contribution >= 0.6 is 0 Å². The van der Waals surface area contributed by atoms with Crippen molar-refractivity contribution in [2.75, 3.05) is 0 Å². The molecule has 80 valence electrons. The first-order chi connectivity index (χ1) is 7.18. The normalized spacial score (nSPS) is 21.0. The Morgan fingerprint density at radius 3 is 2.93 bits per heavy atom. The van der Waals surface area contributed by atoms with Gasteiger partial charge in [0.2, 0.25) is 0 Å². The van der Waals surface area contributed by atoms with Crippen molar-refractivity contribution in [1.29, 1.82) is 0 Å². The van der Waals surface area contributed by atoms with E-state index in [-0.39, 0.29) is 12.3 Å². The van der Waals surface area contributed by atoms with Gasteiger partial charge in [0.15, 0.2) is 0 Å². The molecule has 2 N–H and O–H groups in total. The fourth-order valence-corrected chi connectivity index (χ4v) is 2.31. The molecule has 1 aliphatic carbocycles. The first-order valence-electron chi connectivity index (χ1n) is 5.16. The molecular weight excluding hydrogens is 192 g/mol. The molecule has 0 saturated heterocycles. The molecule has 2 atom stereocenters. The zero-order valence-electron chi connectivity index (χ0n) is 8.39. The van der Waals surface area contributed by atoms with Crippen LogP contribution in [0.5, 0.6) is 0 Å². The van der Waals surface area contributed by atoms with Gasteiger partial charge in [-0.25, -0.2) is 0 Å².